The fourth-order valence-electron chi connectivity index (χ4n) is 3.53. The highest BCUT2D eigenvalue weighted by molar-refractivity contribution is 5.77. The topological polar surface area (TPSA) is 63.4 Å². The lowest BCUT2D eigenvalue weighted by atomic mass is 10.1. The van der Waals surface area contributed by atoms with Gasteiger partial charge in [0.2, 0.25) is 5.91 Å². The van der Waals surface area contributed by atoms with Crippen LogP contribution in [0.4, 0.5) is 8.78 Å². The van der Waals surface area contributed by atoms with E-state index in [0.717, 1.165) is 35.9 Å². The number of benzene rings is 1. The number of hydrogen-bond acceptors (Lipinski definition) is 4. The predicted octanol–water partition coefficient (Wildman–Crippen LogP) is 3.14. The number of carbonyl (C=O) groups excluding carboxylic acids is 1. The summed E-state index contributed by atoms with van der Waals surface area (Å²) in [5, 5.41) is 4.17. The molecule has 0 aliphatic heterocycles. The Bertz CT molecular complexity index is 1040. The molecule has 1 aliphatic rings. The van der Waals surface area contributed by atoms with Crippen LogP contribution in [0.2, 0.25) is 0 Å². The second-order valence-corrected chi connectivity index (χ2v) is 7.22. The van der Waals surface area contributed by atoms with Gasteiger partial charge < -0.3 is 4.90 Å². The first-order chi connectivity index (χ1) is 13.4. The van der Waals surface area contributed by atoms with Crippen LogP contribution in [0.3, 0.4) is 0 Å². The van der Waals surface area contributed by atoms with Crippen LogP contribution in [-0.2, 0) is 17.8 Å². The molecule has 4 rings (SSSR count). The number of rotatable bonds is 6. The molecule has 0 unspecified atom stereocenters. The summed E-state index contributed by atoms with van der Waals surface area (Å²) in [7, 11) is 0. The summed E-state index contributed by atoms with van der Waals surface area (Å²) in [4.78, 5) is 23.1. The molecule has 6 nitrogen and oxygen atoms in total. The molecule has 0 saturated heterocycles. The first-order valence-corrected chi connectivity index (χ1v) is 9.33. The summed E-state index contributed by atoms with van der Waals surface area (Å²) in [5.74, 6) is -0.737. The lowest BCUT2D eigenvalue weighted by Crippen LogP contribution is -2.33. The van der Waals surface area contributed by atoms with E-state index in [4.69, 9.17) is 0 Å². The minimum absolute atomic E-state index is 0.0382. The van der Waals surface area contributed by atoms with Crippen molar-refractivity contribution in [2.75, 3.05) is 0 Å². The standard InChI is InChI=1S/C20H21F2N5O/c1-12-17(13(2)27-20(25-12)23-11-24-27)7-8-19(28)26(16-5-6-16)10-14-3-4-15(21)9-18(14)22/h3-4,9,11,16H,5-8,10H2,1-2H3. The van der Waals surface area contributed by atoms with Crippen LogP contribution in [0.1, 0.15) is 41.8 Å². The van der Waals surface area contributed by atoms with Gasteiger partial charge in [-0.15, -0.1) is 0 Å². The number of carbonyl (C=O) groups is 1. The molecule has 2 aromatic heterocycles. The molecular formula is C20H21F2N5O. The Morgan fingerprint density at radius 1 is 1.29 bits per heavy atom. The second kappa shape index (κ2) is 7.26. The van der Waals surface area contributed by atoms with Crippen LogP contribution in [0.15, 0.2) is 24.5 Å². The van der Waals surface area contributed by atoms with E-state index in [1.165, 1.54) is 18.5 Å². The van der Waals surface area contributed by atoms with Crippen molar-refractivity contribution >= 4 is 11.7 Å². The molecule has 1 aromatic carbocycles. The van der Waals surface area contributed by atoms with Crippen LogP contribution >= 0.6 is 0 Å². The Morgan fingerprint density at radius 3 is 2.79 bits per heavy atom. The van der Waals surface area contributed by atoms with Crippen LogP contribution in [0, 0.1) is 25.5 Å². The molecule has 1 amide bonds. The van der Waals surface area contributed by atoms with Crippen LogP contribution in [-0.4, -0.2) is 36.4 Å². The van der Waals surface area contributed by atoms with Crippen molar-refractivity contribution in [2.24, 2.45) is 0 Å². The molecule has 146 valence electrons. The fourth-order valence-corrected chi connectivity index (χ4v) is 3.53. The van der Waals surface area contributed by atoms with Gasteiger partial charge in [0.15, 0.2) is 0 Å². The average Bonchev–Trinajstić information content (AvgIpc) is 3.38. The first kappa shape index (κ1) is 18.5. The van der Waals surface area contributed by atoms with Crippen LogP contribution in [0.5, 0.6) is 0 Å². The summed E-state index contributed by atoms with van der Waals surface area (Å²) >= 11 is 0. The maximum atomic E-state index is 14.0. The lowest BCUT2D eigenvalue weighted by Gasteiger charge is -2.23. The monoisotopic (exact) mass is 385 g/mol. The minimum Gasteiger partial charge on any atom is -0.335 e. The van der Waals surface area contributed by atoms with Crippen molar-refractivity contribution in [1.29, 1.82) is 0 Å². The largest absolute Gasteiger partial charge is 0.335 e. The van der Waals surface area contributed by atoms with Crippen molar-refractivity contribution in [3.8, 4) is 0 Å². The van der Waals surface area contributed by atoms with E-state index in [-0.39, 0.29) is 18.5 Å². The quantitative estimate of drug-likeness (QED) is 0.654. The normalized spacial score (nSPS) is 13.9. The molecule has 0 radical (unpaired) electrons. The summed E-state index contributed by atoms with van der Waals surface area (Å²) in [6, 6.07) is 3.62. The molecule has 1 saturated carbocycles. The number of aromatic nitrogens is 4. The van der Waals surface area contributed by atoms with E-state index < -0.39 is 11.6 Å². The van der Waals surface area contributed by atoms with E-state index in [1.54, 1.807) is 9.42 Å². The second-order valence-electron chi connectivity index (χ2n) is 7.22. The van der Waals surface area contributed by atoms with E-state index in [1.807, 2.05) is 13.8 Å². The van der Waals surface area contributed by atoms with Gasteiger partial charge in [-0.1, -0.05) is 6.07 Å². The third-order valence-corrected chi connectivity index (χ3v) is 5.24. The zero-order valence-electron chi connectivity index (χ0n) is 15.8. The van der Waals surface area contributed by atoms with Crippen molar-refractivity contribution in [2.45, 2.75) is 52.1 Å². The molecule has 1 aliphatic carbocycles. The third-order valence-electron chi connectivity index (χ3n) is 5.24. The number of halogens is 2. The number of fused-ring (bicyclic) bond motifs is 1. The van der Waals surface area contributed by atoms with Crippen LogP contribution < -0.4 is 0 Å². The molecule has 8 heteroatoms. The van der Waals surface area contributed by atoms with Crippen molar-refractivity contribution < 1.29 is 13.6 Å². The van der Waals surface area contributed by atoms with Crippen LogP contribution in [0.25, 0.3) is 5.78 Å². The number of aryl methyl sites for hydroxylation is 2. The highest BCUT2D eigenvalue weighted by atomic mass is 19.1. The predicted molar refractivity (Wildman–Crippen MR) is 98.5 cm³/mol. The minimum atomic E-state index is -0.619. The first-order valence-electron chi connectivity index (χ1n) is 9.33. The maximum absolute atomic E-state index is 14.0. The van der Waals surface area contributed by atoms with Crippen molar-refractivity contribution in [1.82, 2.24) is 24.5 Å². The fraction of sp³-hybridized carbons (Fsp3) is 0.400. The Hall–Kier alpha value is -2.90. The van der Waals surface area contributed by atoms with Gasteiger partial charge in [0, 0.05) is 42.0 Å². The molecule has 2 heterocycles. The zero-order chi connectivity index (χ0) is 19.8. The highest BCUT2D eigenvalue weighted by Gasteiger charge is 2.33. The summed E-state index contributed by atoms with van der Waals surface area (Å²) in [6.07, 6.45) is 4.10. The molecule has 0 bridgehead atoms. The van der Waals surface area contributed by atoms with Gasteiger partial charge in [0.25, 0.3) is 5.78 Å². The SMILES string of the molecule is Cc1nc2ncnn2c(C)c1CCC(=O)N(Cc1ccc(F)cc1F)C1CC1. The molecule has 0 atom stereocenters. The van der Waals surface area contributed by atoms with Gasteiger partial charge in [-0.2, -0.15) is 10.1 Å². The van der Waals surface area contributed by atoms with Gasteiger partial charge in [-0.05, 0) is 44.7 Å². The van der Waals surface area contributed by atoms with E-state index in [9.17, 15) is 13.6 Å². The highest BCUT2D eigenvalue weighted by Crippen LogP contribution is 2.30. The van der Waals surface area contributed by atoms with Gasteiger partial charge in [0.1, 0.15) is 18.0 Å². The van der Waals surface area contributed by atoms with Crippen molar-refractivity contribution in [3.05, 3.63) is 58.7 Å². The Kier molecular flexibility index (Phi) is 4.78. The van der Waals surface area contributed by atoms with Crippen molar-refractivity contribution in [3.63, 3.8) is 0 Å². The van der Waals surface area contributed by atoms with Gasteiger partial charge in [-0.25, -0.2) is 18.3 Å². The Balaban J connectivity index is 1.50. The van der Waals surface area contributed by atoms with Gasteiger partial charge in [0.05, 0.1) is 0 Å². The van der Waals surface area contributed by atoms with E-state index in [2.05, 4.69) is 15.1 Å². The number of hydrogen-bond donors (Lipinski definition) is 0. The molecule has 0 N–H and O–H groups in total. The lowest BCUT2D eigenvalue weighted by molar-refractivity contribution is -0.132. The number of nitrogens with zero attached hydrogens (tertiary/aromatic N) is 5. The average molecular weight is 385 g/mol. The molecule has 3 aromatic rings. The third kappa shape index (κ3) is 3.58. The molecule has 1 fully saturated rings. The van der Waals surface area contributed by atoms with E-state index in [0.29, 0.717) is 24.2 Å². The Morgan fingerprint density at radius 2 is 2.07 bits per heavy atom. The van der Waals surface area contributed by atoms with Gasteiger partial charge >= 0.3 is 0 Å². The molecular weight excluding hydrogens is 364 g/mol. The Labute approximate surface area is 161 Å². The zero-order valence-corrected chi connectivity index (χ0v) is 15.8. The summed E-state index contributed by atoms with van der Waals surface area (Å²) < 4.78 is 28.8. The van der Waals surface area contributed by atoms with Gasteiger partial charge in [-0.3, -0.25) is 4.79 Å². The smallest absolute Gasteiger partial charge is 0.252 e. The molecule has 28 heavy (non-hydrogen) atoms. The molecule has 0 spiro atoms. The summed E-state index contributed by atoms with van der Waals surface area (Å²) in [5.41, 5.74) is 3.04. The number of amides is 1. The maximum Gasteiger partial charge on any atom is 0.252 e. The van der Waals surface area contributed by atoms with E-state index >= 15 is 0 Å². The summed E-state index contributed by atoms with van der Waals surface area (Å²) in [6.45, 7) is 3.99.